The van der Waals surface area contributed by atoms with E-state index in [9.17, 15) is 13.0 Å². The summed E-state index contributed by atoms with van der Waals surface area (Å²) in [7, 11) is -5.26. The van der Waals surface area contributed by atoms with Gasteiger partial charge in [0.15, 0.2) is 5.85 Å². The van der Waals surface area contributed by atoms with Crippen molar-refractivity contribution in [2.24, 2.45) is 0 Å². The lowest BCUT2D eigenvalue weighted by atomic mass is 10.9. The maximum atomic E-state index is 11.7. The minimum absolute atomic E-state index is 0.250. The molecule has 0 saturated carbocycles. The Morgan fingerprint density at radius 3 is 2.15 bits per heavy atom. The molecule has 13 heavy (non-hydrogen) atoms. The third-order valence-corrected chi connectivity index (χ3v) is 5.11. The highest BCUT2D eigenvalue weighted by Gasteiger charge is 2.31. The Labute approximate surface area is 79.0 Å². The van der Waals surface area contributed by atoms with E-state index in [2.05, 4.69) is 4.18 Å². The van der Waals surface area contributed by atoms with E-state index in [-0.39, 0.29) is 6.16 Å². The van der Waals surface area contributed by atoms with Crippen LogP contribution in [-0.4, -0.2) is 33.8 Å². The molecule has 0 spiro atoms. The molecule has 0 saturated heterocycles. The molecule has 5 nitrogen and oxygen atoms in total. The van der Waals surface area contributed by atoms with Crippen LogP contribution in [0.1, 0.15) is 13.8 Å². The van der Waals surface area contributed by atoms with E-state index in [1.165, 1.54) is 14.0 Å². The van der Waals surface area contributed by atoms with E-state index in [0.717, 1.165) is 6.26 Å². The van der Waals surface area contributed by atoms with E-state index in [1.807, 2.05) is 0 Å². The fraction of sp³-hybridized carbons (Fsp3) is 1.00. The molecular weight excluding hydrogens is 215 g/mol. The smallest absolute Gasteiger partial charge is 0.265 e. The van der Waals surface area contributed by atoms with Crippen LogP contribution >= 0.6 is 7.37 Å². The molecule has 7 heteroatoms. The minimum atomic E-state index is -3.58. The first-order valence-corrected chi connectivity index (χ1v) is 7.47. The Morgan fingerprint density at radius 1 is 1.46 bits per heavy atom. The SMILES string of the molecule is CCP(=O)(OC)C(C)OS(C)(=O)=O. The van der Waals surface area contributed by atoms with E-state index in [0.29, 0.717) is 0 Å². The van der Waals surface area contributed by atoms with Gasteiger partial charge in [-0.2, -0.15) is 8.42 Å². The van der Waals surface area contributed by atoms with Gasteiger partial charge >= 0.3 is 0 Å². The van der Waals surface area contributed by atoms with Crippen molar-refractivity contribution in [2.75, 3.05) is 19.5 Å². The van der Waals surface area contributed by atoms with E-state index >= 15 is 0 Å². The topological polar surface area (TPSA) is 69.7 Å². The fourth-order valence-electron chi connectivity index (χ4n) is 0.853. The Bertz CT molecular complexity index is 288. The maximum absolute atomic E-state index is 11.7. The summed E-state index contributed by atoms with van der Waals surface area (Å²) in [5.74, 6) is -0.919. The molecule has 0 aliphatic rings. The Hall–Kier alpha value is 0.1000. The first-order valence-electron chi connectivity index (χ1n) is 3.78. The normalized spacial score (nSPS) is 19.4. The summed E-state index contributed by atoms with van der Waals surface area (Å²) in [6.07, 6.45) is 1.17. The van der Waals surface area contributed by atoms with Crippen LogP contribution in [0.3, 0.4) is 0 Å². The van der Waals surface area contributed by atoms with Crippen molar-refractivity contribution < 1.29 is 21.7 Å². The molecule has 0 fully saturated rings. The molecule has 0 aromatic rings. The Balaban J connectivity index is 4.59. The molecule has 0 rings (SSSR count). The second-order valence-electron chi connectivity index (χ2n) is 2.62. The third-order valence-electron chi connectivity index (χ3n) is 1.62. The second-order valence-corrected chi connectivity index (χ2v) is 7.40. The monoisotopic (exact) mass is 230 g/mol. The third kappa shape index (κ3) is 4.22. The highest BCUT2D eigenvalue weighted by Crippen LogP contribution is 2.51. The van der Waals surface area contributed by atoms with Crippen LogP contribution in [0.2, 0.25) is 0 Å². The zero-order chi connectivity index (χ0) is 10.7. The number of hydrogen-bond donors (Lipinski definition) is 0. The summed E-state index contributed by atoms with van der Waals surface area (Å²) in [5.41, 5.74) is 0. The standard InChI is InChI=1S/C6H15O5PS/c1-5-12(7,10-3)6(2)11-13(4,8)9/h6H,5H2,1-4H3. The summed E-state index contributed by atoms with van der Waals surface area (Å²) in [6, 6.07) is 0. The summed E-state index contributed by atoms with van der Waals surface area (Å²) in [5, 5.41) is 0. The first kappa shape index (κ1) is 13.1. The highest BCUT2D eigenvalue weighted by atomic mass is 32.2. The number of hydrogen-bond acceptors (Lipinski definition) is 5. The van der Waals surface area contributed by atoms with Crippen molar-refractivity contribution in [3.05, 3.63) is 0 Å². The van der Waals surface area contributed by atoms with Gasteiger partial charge in [-0.3, -0.25) is 8.75 Å². The predicted molar refractivity (Wildman–Crippen MR) is 50.5 cm³/mol. The van der Waals surface area contributed by atoms with Gasteiger partial charge < -0.3 is 4.52 Å². The van der Waals surface area contributed by atoms with Crippen LogP contribution in [0, 0.1) is 0 Å². The van der Waals surface area contributed by atoms with Gasteiger partial charge in [-0.05, 0) is 6.92 Å². The molecule has 2 unspecified atom stereocenters. The molecule has 0 bridgehead atoms. The molecule has 0 aromatic carbocycles. The molecule has 80 valence electrons. The average Bonchev–Trinajstić information content (AvgIpc) is 2.00. The molecule has 0 N–H and O–H groups in total. The van der Waals surface area contributed by atoms with Crippen molar-refractivity contribution in [3.63, 3.8) is 0 Å². The second kappa shape index (κ2) is 4.55. The Morgan fingerprint density at radius 2 is 1.92 bits per heavy atom. The largest absolute Gasteiger partial charge is 0.330 e. The van der Waals surface area contributed by atoms with Crippen LogP contribution < -0.4 is 0 Å². The van der Waals surface area contributed by atoms with Crippen molar-refractivity contribution in [1.29, 1.82) is 0 Å². The molecule has 0 aliphatic carbocycles. The Kier molecular flexibility index (Phi) is 4.59. The summed E-state index contributed by atoms with van der Waals surface area (Å²) >= 11 is 0. The van der Waals surface area contributed by atoms with Crippen molar-refractivity contribution in [1.82, 2.24) is 0 Å². The molecule has 2 atom stereocenters. The van der Waals surface area contributed by atoms with Crippen molar-refractivity contribution in [3.8, 4) is 0 Å². The van der Waals surface area contributed by atoms with Crippen molar-refractivity contribution >= 4 is 17.5 Å². The van der Waals surface area contributed by atoms with E-state index in [4.69, 9.17) is 4.52 Å². The predicted octanol–water partition coefficient (Wildman–Crippen LogP) is 1.25. The van der Waals surface area contributed by atoms with Gasteiger partial charge in [0.25, 0.3) is 10.1 Å². The highest BCUT2D eigenvalue weighted by molar-refractivity contribution is 7.86. The van der Waals surface area contributed by atoms with Crippen LogP contribution in [0.4, 0.5) is 0 Å². The molecule has 0 aliphatic heterocycles. The van der Waals surface area contributed by atoms with Gasteiger partial charge in [0.2, 0.25) is 7.37 Å². The van der Waals surface area contributed by atoms with Crippen LogP contribution in [0.5, 0.6) is 0 Å². The maximum Gasteiger partial charge on any atom is 0.265 e. The van der Waals surface area contributed by atoms with Crippen LogP contribution in [0.15, 0.2) is 0 Å². The molecular formula is C6H15O5PS. The number of rotatable bonds is 5. The zero-order valence-corrected chi connectivity index (χ0v) is 9.89. The van der Waals surface area contributed by atoms with Crippen LogP contribution in [0.25, 0.3) is 0 Å². The van der Waals surface area contributed by atoms with Gasteiger partial charge in [-0.1, -0.05) is 6.92 Å². The lowest BCUT2D eigenvalue weighted by Gasteiger charge is -2.20. The van der Waals surface area contributed by atoms with Gasteiger partial charge in [0.1, 0.15) is 0 Å². The van der Waals surface area contributed by atoms with Crippen LogP contribution in [-0.2, 0) is 23.4 Å². The van der Waals surface area contributed by atoms with E-state index < -0.39 is 23.3 Å². The summed E-state index contributed by atoms with van der Waals surface area (Å²) in [4.78, 5) is 0. The van der Waals surface area contributed by atoms with Gasteiger partial charge in [0, 0.05) is 13.3 Å². The van der Waals surface area contributed by atoms with Gasteiger partial charge in [-0.25, -0.2) is 0 Å². The van der Waals surface area contributed by atoms with Gasteiger partial charge in [0.05, 0.1) is 6.26 Å². The first-order chi connectivity index (χ1) is 5.75. The van der Waals surface area contributed by atoms with Gasteiger partial charge in [-0.15, -0.1) is 0 Å². The average molecular weight is 230 g/mol. The zero-order valence-electron chi connectivity index (χ0n) is 8.18. The van der Waals surface area contributed by atoms with E-state index in [1.54, 1.807) is 6.92 Å². The summed E-state index contributed by atoms with van der Waals surface area (Å²) < 4.78 is 42.5. The quantitative estimate of drug-likeness (QED) is 0.525. The molecule has 0 radical (unpaired) electrons. The fourth-order valence-corrected chi connectivity index (χ4v) is 3.42. The van der Waals surface area contributed by atoms with Crippen molar-refractivity contribution in [2.45, 2.75) is 19.7 Å². The minimum Gasteiger partial charge on any atom is -0.330 e. The lowest BCUT2D eigenvalue weighted by Crippen LogP contribution is -2.16. The molecule has 0 heterocycles. The summed E-state index contributed by atoms with van der Waals surface area (Å²) in [6.45, 7) is 3.08. The lowest BCUT2D eigenvalue weighted by molar-refractivity contribution is 0.264. The molecule has 0 aromatic heterocycles. The molecule has 0 amide bonds.